The van der Waals surface area contributed by atoms with Crippen LogP contribution in [0.5, 0.6) is 0 Å². The van der Waals surface area contributed by atoms with Gasteiger partial charge in [0.1, 0.15) is 0 Å². The van der Waals surface area contributed by atoms with Crippen molar-refractivity contribution in [1.82, 2.24) is 10.3 Å². The van der Waals surface area contributed by atoms with Gasteiger partial charge in [0.25, 0.3) is 5.69 Å². The highest BCUT2D eigenvalue weighted by molar-refractivity contribution is 7.99. The molecule has 9 heteroatoms. The van der Waals surface area contributed by atoms with E-state index in [2.05, 4.69) is 44.8 Å². The van der Waals surface area contributed by atoms with E-state index in [9.17, 15) is 10.1 Å². The quantitative estimate of drug-likeness (QED) is 0.191. The van der Waals surface area contributed by atoms with Crippen LogP contribution in [0.25, 0.3) is 0 Å². The molecule has 0 radical (unpaired) electrons. The van der Waals surface area contributed by atoms with Gasteiger partial charge in [-0.15, -0.1) is 11.3 Å². The predicted molar refractivity (Wildman–Crippen MR) is 136 cm³/mol. The lowest BCUT2D eigenvalue weighted by molar-refractivity contribution is -0.384. The summed E-state index contributed by atoms with van der Waals surface area (Å²) in [7, 11) is 0. The van der Waals surface area contributed by atoms with Crippen molar-refractivity contribution >= 4 is 51.8 Å². The van der Waals surface area contributed by atoms with Gasteiger partial charge in [0.15, 0.2) is 5.11 Å². The first kappa shape index (κ1) is 21.6. The van der Waals surface area contributed by atoms with Crippen molar-refractivity contribution in [3.05, 3.63) is 111 Å². The summed E-state index contributed by atoms with van der Waals surface area (Å²) >= 11 is 9.02. The summed E-state index contributed by atoms with van der Waals surface area (Å²) in [6.45, 7) is 0. The van der Waals surface area contributed by atoms with E-state index in [4.69, 9.17) is 12.2 Å². The molecular formula is C24H18N4O2S3. The Morgan fingerprint density at radius 3 is 2.33 bits per heavy atom. The smallest absolute Gasteiger partial charge is 0.269 e. The number of benzene rings is 2. The molecule has 3 heterocycles. The number of thiocarbonyl (C=S) groups is 1. The van der Waals surface area contributed by atoms with Crippen molar-refractivity contribution in [2.75, 3.05) is 4.90 Å². The highest BCUT2D eigenvalue weighted by atomic mass is 32.2. The lowest BCUT2D eigenvalue weighted by Crippen LogP contribution is -2.28. The van der Waals surface area contributed by atoms with E-state index in [1.54, 1.807) is 41.4 Å². The maximum absolute atomic E-state index is 10.9. The normalized spacial score (nSPS) is 17.7. The standard InChI is InChI=1S/C24H18N4O2S3/c29-28(30)17-8-12-19(13-9-17)33-18-10-6-16(7-11-18)27-23(21-5-3-15-32-21)22(26-24(27)31)20-4-1-2-14-25-20/h1-15,22-23H,(H,26,31)/t22-,23-/m1/s1. The van der Waals surface area contributed by atoms with Gasteiger partial charge in [-0.2, -0.15) is 0 Å². The molecule has 1 saturated heterocycles. The number of nitro groups is 1. The van der Waals surface area contributed by atoms with Crippen molar-refractivity contribution in [3.63, 3.8) is 0 Å². The minimum atomic E-state index is -0.390. The van der Waals surface area contributed by atoms with E-state index in [1.165, 1.54) is 17.0 Å². The van der Waals surface area contributed by atoms with Crippen LogP contribution in [-0.2, 0) is 0 Å². The molecule has 0 spiro atoms. The topological polar surface area (TPSA) is 71.3 Å². The summed E-state index contributed by atoms with van der Waals surface area (Å²) in [6.07, 6.45) is 1.80. The van der Waals surface area contributed by atoms with E-state index >= 15 is 0 Å². The largest absolute Gasteiger partial charge is 0.351 e. The molecule has 0 unspecified atom stereocenters. The van der Waals surface area contributed by atoms with Crippen LogP contribution in [-0.4, -0.2) is 15.0 Å². The van der Waals surface area contributed by atoms with Gasteiger partial charge in [-0.25, -0.2) is 0 Å². The van der Waals surface area contributed by atoms with Crippen LogP contribution in [0.3, 0.4) is 0 Å². The second kappa shape index (κ2) is 9.30. The van der Waals surface area contributed by atoms with Crippen molar-refractivity contribution < 1.29 is 4.92 Å². The fourth-order valence-corrected chi connectivity index (χ4v) is 5.84. The summed E-state index contributed by atoms with van der Waals surface area (Å²) < 4.78 is 0. The van der Waals surface area contributed by atoms with Gasteiger partial charge in [-0.1, -0.05) is 23.9 Å². The van der Waals surface area contributed by atoms with Crippen molar-refractivity contribution in [3.8, 4) is 0 Å². The third-order valence-corrected chi connectivity index (χ3v) is 7.60. The molecule has 0 amide bonds. The van der Waals surface area contributed by atoms with Crippen LogP contribution in [0.2, 0.25) is 0 Å². The number of aromatic nitrogens is 1. The maximum Gasteiger partial charge on any atom is 0.269 e. The first-order chi connectivity index (χ1) is 16.1. The molecule has 0 bridgehead atoms. The molecule has 1 N–H and O–H groups in total. The van der Waals surface area contributed by atoms with Crippen LogP contribution in [0.1, 0.15) is 22.7 Å². The molecule has 33 heavy (non-hydrogen) atoms. The number of nitrogens with zero attached hydrogens (tertiary/aromatic N) is 3. The molecule has 6 nitrogen and oxygen atoms in total. The second-order valence-corrected chi connectivity index (χ2v) is 9.87. The van der Waals surface area contributed by atoms with Gasteiger partial charge in [-0.05, 0) is 72.2 Å². The maximum atomic E-state index is 10.9. The van der Waals surface area contributed by atoms with Crippen LogP contribution in [0.4, 0.5) is 11.4 Å². The molecule has 0 aliphatic carbocycles. The van der Waals surface area contributed by atoms with Gasteiger partial charge in [-0.3, -0.25) is 15.1 Å². The Balaban J connectivity index is 1.41. The SMILES string of the molecule is O=[N+]([O-])c1ccc(Sc2ccc(N3C(=S)N[C@H](c4ccccn4)[C@H]3c3cccs3)cc2)cc1. The number of non-ortho nitro benzene ring substituents is 1. The third kappa shape index (κ3) is 4.47. The number of anilines is 1. The number of nitro benzene ring substituents is 1. The lowest BCUT2D eigenvalue weighted by atomic mass is 10.0. The van der Waals surface area contributed by atoms with Crippen molar-refractivity contribution in [1.29, 1.82) is 0 Å². The van der Waals surface area contributed by atoms with E-state index in [-0.39, 0.29) is 17.8 Å². The number of pyridine rings is 1. The van der Waals surface area contributed by atoms with Gasteiger partial charge in [0, 0.05) is 38.7 Å². The number of nitrogens with one attached hydrogen (secondary N) is 1. The Kier molecular flexibility index (Phi) is 6.08. The third-order valence-electron chi connectivity index (χ3n) is 5.33. The molecule has 2 atom stereocenters. The average molecular weight is 491 g/mol. The van der Waals surface area contributed by atoms with Crippen LogP contribution < -0.4 is 10.2 Å². The Bertz CT molecular complexity index is 1260. The predicted octanol–water partition coefficient (Wildman–Crippen LogP) is 6.38. The molecule has 0 saturated carbocycles. The zero-order valence-electron chi connectivity index (χ0n) is 17.2. The van der Waals surface area contributed by atoms with E-state index in [1.807, 2.05) is 30.3 Å². The van der Waals surface area contributed by atoms with Crippen LogP contribution in [0.15, 0.2) is 100 Å². The minimum absolute atomic E-state index is 0.000533. The second-order valence-electron chi connectivity index (χ2n) is 7.36. The van der Waals surface area contributed by atoms with Gasteiger partial charge in [0.2, 0.25) is 0 Å². The molecule has 5 rings (SSSR count). The fraction of sp³-hybridized carbons (Fsp3) is 0.0833. The van der Waals surface area contributed by atoms with Crippen LogP contribution in [0, 0.1) is 10.1 Å². The molecule has 1 aliphatic heterocycles. The van der Waals surface area contributed by atoms with Gasteiger partial charge < -0.3 is 10.2 Å². The molecule has 1 aliphatic rings. The molecule has 2 aromatic carbocycles. The summed E-state index contributed by atoms with van der Waals surface area (Å²) in [6, 6.07) is 24.8. The monoisotopic (exact) mass is 490 g/mol. The highest BCUT2D eigenvalue weighted by Crippen LogP contribution is 2.43. The molecule has 4 aromatic rings. The first-order valence-corrected chi connectivity index (χ1v) is 12.3. The first-order valence-electron chi connectivity index (χ1n) is 10.2. The summed E-state index contributed by atoms with van der Waals surface area (Å²) in [4.78, 5) is 20.4. The van der Waals surface area contributed by atoms with E-state index < -0.39 is 4.92 Å². The Morgan fingerprint density at radius 1 is 1.00 bits per heavy atom. The Labute approximate surface area is 204 Å². The number of hydrogen-bond acceptors (Lipinski definition) is 6. The Morgan fingerprint density at radius 2 is 1.73 bits per heavy atom. The van der Waals surface area contributed by atoms with Gasteiger partial charge >= 0.3 is 0 Å². The number of hydrogen-bond donors (Lipinski definition) is 1. The van der Waals surface area contributed by atoms with E-state index in [0.717, 1.165) is 21.2 Å². The highest BCUT2D eigenvalue weighted by Gasteiger charge is 2.41. The van der Waals surface area contributed by atoms with Crippen molar-refractivity contribution in [2.45, 2.75) is 21.9 Å². The summed E-state index contributed by atoms with van der Waals surface area (Å²) in [5.74, 6) is 0. The summed E-state index contributed by atoms with van der Waals surface area (Å²) in [5, 5.41) is 17.1. The summed E-state index contributed by atoms with van der Waals surface area (Å²) in [5.41, 5.74) is 2.04. The molecular weight excluding hydrogens is 472 g/mol. The molecule has 2 aromatic heterocycles. The molecule has 164 valence electrons. The van der Waals surface area contributed by atoms with Crippen molar-refractivity contribution in [2.24, 2.45) is 0 Å². The van der Waals surface area contributed by atoms with E-state index in [0.29, 0.717) is 5.11 Å². The number of thiophene rings is 1. The number of rotatable bonds is 6. The Hall–Kier alpha value is -3.27. The fourth-order valence-electron chi connectivity index (χ4n) is 3.83. The van der Waals surface area contributed by atoms with Crippen LogP contribution >= 0.6 is 35.3 Å². The zero-order valence-corrected chi connectivity index (χ0v) is 19.6. The molecule has 1 fully saturated rings. The lowest BCUT2D eigenvalue weighted by Gasteiger charge is -2.27. The minimum Gasteiger partial charge on any atom is -0.351 e. The average Bonchev–Trinajstić information content (AvgIpc) is 3.48. The zero-order chi connectivity index (χ0) is 22.8. The van der Waals surface area contributed by atoms with Gasteiger partial charge in [0.05, 0.1) is 22.7 Å².